The summed E-state index contributed by atoms with van der Waals surface area (Å²) in [4.78, 5) is 12.6. The number of aromatic nitrogens is 1. The van der Waals surface area contributed by atoms with Crippen molar-refractivity contribution in [2.45, 2.75) is 13.8 Å². The maximum Gasteiger partial charge on any atom is 0.260 e. The molecule has 0 spiro atoms. The van der Waals surface area contributed by atoms with Crippen LogP contribution < -0.4 is 19.2 Å². The van der Waals surface area contributed by atoms with E-state index in [9.17, 15) is 13.2 Å². The van der Waals surface area contributed by atoms with E-state index < -0.39 is 22.5 Å². The van der Waals surface area contributed by atoms with Crippen molar-refractivity contribution >= 4 is 51.0 Å². The van der Waals surface area contributed by atoms with Crippen molar-refractivity contribution in [2.24, 2.45) is 5.10 Å². The third kappa shape index (κ3) is 6.13. The molecule has 0 fully saturated rings. The highest BCUT2D eigenvalue weighted by Gasteiger charge is 2.22. The number of hydrogen-bond acceptors (Lipinski definition) is 6. The lowest BCUT2D eigenvalue weighted by Gasteiger charge is -2.22. The summed E-state index contributed by atoms with van der Waals surface area (Å²) in [5, 5.41) is 5.10. The molecule has 0 saturated carbocycles. The first-order valence-electron chi connectivity index (χ1n) is 10.6. The molecule has 1 heterocycles. The second-order valence-electron chi connectivity index (χ2n) is 7.86. The van der Waals surface area contributed by atoms with Crippen molar-refractivity contribution in [3.05, 3.63) is 69.5 Å². The molecule has 9 nitrogen and oxygen atoms in total. The van der Waals surface area contributed by atoms with Crippen molar-refractivity contribution < 1.29 is 22.7 Å². The Hall–Kier alpha value is -3.21. The van der Waals surface area contributed by atoms with Crippen LogP contribution in [0.25, 0.3) is 5.69 Å². The van der Waals surface area contributed by atoms with E-state index in [4.69, 9.17) is 32.7 Å². The van der Waals surface area contributed by atoms with E-state index in [0.29, 0.717) is 21.5 Å². The van der Waals surface area contributed by atoms with Crippen molar-refractivity contribution in [1.29, 1.82) is 0 Å². The zero-order valence-electron chi connectivity index (χ0n) is 20.4. The molecule has 1 N–H and O–H groups in total. The molecule has 0 aliphatic carbocycles. The smallest absolute Gasteiger partial charge is 0.260 e. The predicted octanol–water partition coefficient (Wildman–Crippen LogP) is 4.33. The lowest BCUT2D eigenvalue weighted by molar-refractivity contribution is -0.119. The first-order valence-corrected chi connectivity index (χ1v) is 13.2. The number of nitrogens with zero attached hydrogens (tertiary/aromatic N) is 3. The number of carbonyl (C=O) groups excluding carboxylic acids is 1. The van der Waals surface area contributed by atoms with Crippen LogP contribution in [0.2, 0.25) is 10.0 Å². The number of rotatable bonds is 9. The number of hydrogen-bond donors (Lipinski definition) is 1. The van der Waals surface area contributed by atoms with Gasteiger partial charge >= 0.3 is 0 Å². The van der Waals surface area contributed by atoms with Crippen LogP contribution in [-0.2, 0) is 14.8 Å². The summed E-state index contributed by atoms with van der Waals surface area (Å²) in [6.45, 7) is 3.31. The number of anilines is 1. The lowest BCUT2D eigenvalue weighted by Crippen LogP contribution is -2.39. The lowest BCUT2D eigenvalue weighted by atomic mass is 10.2. The molecule has 36 heavy (non-hydrogen) atoms. The minimum absolute atomic E-state index is 0.247. The topological polar surface area (TPSA) is 102 Å². The van der Waals surface area contributed by atoms with Gasteiger partial charge in [0, 0.05) is 28.0 Å². The Morgan fingerprint density at radius 2 is 1.78 bits per heavy atom. The molecule has 1 aromatic heterocycles. The number of aryl methyl sites for hydroxylation is 1. The fourth-order valence-electron chi connectivity index (χ4n) is 3.67. The number of methoxy groups -OCH3 is 2. The zero-order valence-corrected chi connectivity index (χ0v) is 22.7. The molecular weight excluding hydrogens is 527 g/mol. The van der Waals surface area contributed by atoms with Gasteiger partial charge in [0.1, 0.15) is 6.54 Å². The molecule has 0 radical (unpaired) electrons. The van der Waals surface area contributed by atoms with Gasteiger partial charge in [-0.1, -0.05) is 23.2 Å². The first kappa shape index (κ1) is 27.4. The molecule has 0 saturated heterocycles. The number of carbonyl (C=O) groups is 1. The summed E-state index contributed by atoms with van der Waals surface area (Å²) in [5.41, 5.74) is 5.81. The average Bonchev–Trinajstić information content (AvgIpc) is 3.10. The standard InChI is InChI=1S/C24H26Cl2N4O5S/c1-15-10-17(16(2)30(15)21-11-18(25)6-8-20(21)26)13-27-28-24(31)14-29(36(5,32)33)19-7-9-22(34-3)23(12-19)35-4/h6-13H,14H2,1-5H3,(H,28,31)/b27-13+. The summed E-state index contributed by atoms with van der Waals surface area (Å²) in [6.07, 6.45) is 2.49. The Balaban J connectivity index is 1.79. The van der Waals surface area contributed by atoms with E-state index in [1.807, 2.05) is 24.5 Å². The molecule has 2 aromatic carbocycles. The number of hydrazone groups is 1. The van der Waals surface area contributed by atoms with Crippen LogP contribution in [-0.4, -0.2) is 52.1 Å². The molecule has 12 heteroatoms. The second-order valence-corrected chi connectivity index (χ2v) is 10.6. The molecule has 0 aliphatic rings. The number of sulfonamides is 1. The van der Waals surface area contributed by atoms with Crippen LogP contribution >= 0.6 is 23.2 Å². The van der Waals surface area contributed by atoms with E-state index >= 15 is 0 Å². The minimum atomic E-state index is -3.78. The number of nitrogens with one attached hydrogen (secondary N) is 1. The highest BCUT2D eigenvalue weighted by molar-refractivity contribution is 7.92. The molecule has 3 rings (SSSR count). The van der Waals surface area contributed by atoms with Gasteiger partial charge < -0.3 is 14.0 Å². The Morgan fingerprint density at radius 3 is 2.42 bits per heavy atom. The van der Waals surface area contributed by atoms with Gasteiger partial charge in [-0.2, -0.15) is 5.10 Å². The highest BCUT2D eigenvalue weighted by Crippen LogP contribution is 2.32. The van der Waals surface area contributed by atoms with E-state index in [2.05, 4.69) is 10.5 Å². The van der Waals surface area contributed by atoms with Crippen molar-refractivity contribution in [1.82, 2.24) is 9.99 Å². The van der Waals surface area contributed by atoms with E-state index in [0.717, 1.165) is 33.2 Å². The van der Waals surface area contributed by atoms with Crippen LogP contribution in [0.4, 0.5) is 5.69 Å². The number of halogens is 2. The van der Waals surface area contributed by atoms with Crippen molar-refractivity contribution in [3.8, 4) is 17.2 Å². The fourth-order valence-corrected chi connectivity index (χ4v) is 4.88. The maximum absolute atomic E-state index is 12.6. The second kappa shape index (κ2) is 11.2. The van der Waals surface area contributed by atoms with E-state index in [1.54, 1.807) is 24.3 Å². The third-order valence-corrected chi connectivity index (χ3v) is 7.05. The van der Waals surface area contributed by atoms with Crippen molar-refractivity contribution in [2.75, 3.05) is 31.3 Å². The largest absolute Gasteiger partial charge is 0.493 e. The summed E-state index contributed by atoms with van der Waals surface area (Å²) in [5.74, 6) is 0.135. The van der Waals surface area contributed by atoms with Gasteiger partial charge in [0.05, 0.1) is 43.1 Å². The van der Waals surface area contributed by atoms with Gasteiger partial charge in [-0.25, -0.2) is 13.8 Å². The van der Waals surface area contributed by atoms with Crippen LogP contribution in [0, 0.1) is 13.8 Å². The van der Waals surface area contributed by atoms with Crippen LogP contribution in [0.1, 0.15) is 17.0 Å². The van der Waals surface area contributed by atoms with Gasteiger partial charge in [0.2, 0.25) is 10.0 Å². The van der Waals surface area contributed by atoms with Gasteiger partial charge in [0.15, 0.2) is 11.5 Å². The fraction of sp³-hybridized carbons (Fsp3) is 0.250. The summed E-state index contributed by atoms with van der Waals surface area (Å²) >= 11 is 12.5. The SMILES string of the molecule is COc1ccc(N(CC(=O)N/N=C/c2cc(C)n(-c3cc(Cl)ccc3Cl)c2C)S(C)(=O)=O)cc1OC. The Morgan fingerprint density at radius 1 is 1.08 bits per heavy atom. The monoisotopic (exact) mass is 552 g/mol. The third-order valence-electron chi connectivity index (χ3n) is 5.35. The van der Waals surface area contributed by atoms with Crippen LogP contribution in [0.5, 0.6) is 11.5 Å². The molecule has 3 aromatic rings. The zero-order chi connectivity index (χ0) is 26.6. The van der Waals surface area contributed by atoms with Gasteiger partial charge in [-0.15, -0.1) is 0 Å². The number of ether oxygens (including phenoxy) is 2. The van der Waals surface area contributed by atoms with E-state index in [1.165, 1.54) is 32.6 Å². The quantitative estimate of drug-likeness (QED) is 0.314. The highest BCUT2D eigenvalue weighted by atomic mass is 35.5. The number of benzene rings is 2. The number of amides is 1. The van der Waals surface area contributed by atoms with Gasteiger partial charge in [-0.3, -0.25) is 9.10 Å². The van der Waals surface area contributed by atoms with Crippen LogP contribution in [0.15, 0.2) is 47.6 Å². The molecule has 0 aliphatic heterocycles. The normalized spacial score (nSPS) is 11.5. The molecule has 192 valence electrons. The first-order chi connectivity index (χ1) is 17.0. The Labute approximate surface area is 220 Å². The minimum Gasteiger partial charge on any atom is -0.493 e. The maximum atomic E-state index is 12.6. The Kier molecular flexibility index (Phi) is 8.55. The van der Waals surface area contributed by atoms with Crippen LogP contribution in [0.3, 0.4) is 0 Å². The predicted molar refractivity (Wildman–Crippen MR) is 143 cm³/mol. The molecule has 1 amide bonds. The van der Waals surface area contributed by atoms with Gasteiger partial charge in [-0.05, 0) is 50.2 Å². The molecule has 0 atom stereocenters. The molecule has 0 unspecified atom stereocenters. The summed E-state index contributed by atoms with van der Waals surface area (Å²) in [6, 6.07) is 11.6. The van der Waals surface area contributed by atoms with Gasteiger partial charge in [0.25, 0.3) is 5.91 Å². The molecule has 0 bridgehead atoms. The van der Waals surface area contributed by atoms with E-state index in [-0.39, 0.29) is 5.69 Å². The average molecular weight is 553 g/mol. The molecular formula is C24H26Cl2N4O5S. The van der Waals surface area contributed by atoms with Crippen molar-refractivity contribution in [3.63, 3.8) is 0 Å². The summed E-state index contributed by atoms with van der Waals surface area (Å²) in [7, 11) is -0.878. The summed E-state index contributed by atoms with van der Waals surface area (Å²) < 4.78 is 38.1. The Bertz CT molecular complexity index is 1420.